The van der Waals surface area contributed by atoms with E-state index in [1.54, 1.807) is 0 Å². The number of phenols is 3. The van der Waals surface area contributed by atoms with Crippen LogP contribution in [0.2, 0.25) is 5.02 Å². The summed E-state index contributed by atoms with van der Waals surface area (Å²) >= 11 is 5.80. The van der Waals surface area contributed by atoms with Crippen LogP contribution in [-0.4, -0.2) is 20.2 Å². The Morgan fingerprint density at radius 3 is 2.52 bits per heavy atom. The quantitative estimate of drug-likeness (QED) is 0.392. The summed E-state index contributed by atoms with van der Waals surface area (Å²) in [5.74, 6) is -1.59. The SMILES string of the molecule is O=[N+]([O-])c1ccc(Cl)cc1NCc1ccc(O)c(O)c1O. The number of hydrogen-bond donors (Lipinski definition) is 4. The van der Waals surface area contributed by atoms with Crippen molar-refractivity contribution in [3.63, 3.8) is 0 Å². The van der Waals surface area contributed by atoms with Crippen LogP contribution in [0.1, 0.15) is 5.56 Å². The van der Waals surface area contributed by atoms with E-state index < -0.39 is 22.2 Å². The second kappa shape index (κ2) is 5.76. The van der Waals surface area contributed by atoms with Gasteiger partial charge in [-0.1, -0.05) is 11.6 Å². The van der Waals surface area contributed by atoms with Gasteiger partial charge in [0.05, 0.1) is 4.92 Å². The molecule has 0 spiro atoms. The maximum absolute atomic E-state index is 10.9. The Morgan fingerprint density at radius 2 is 1.86 bits per heavy atom. The van der Waals surface area contributed by atoms with Gasteiger partial charge in [-0.15, -0.1) is 0 Å². The van der Waals surface area contributed by atoms with E-state index in [1.165, 1.54) is 30.3 Å². The number of nitrogens with one attached hydrogen (secondary N) is 1. The van der Waals surface area contributed by atoms with Crippen molar-refractivity contribution in [2.75, 3.05) is 5.32 Å². The summed E-state index contributed by atoms with van der Waals surface area (Å²) < 4.78 is 0. The van der Waals surface area contributed by atoms with Crippen LogP contribution in [0.3, 0.4) is 0 Å². The van der Waals surface area contributed by atoms with E-state index in [-0.39, 0.29) is 23.5 Å². The lowest BCUT2D eigenvalue weighted by atomic mass is 10.1. The molecule has 0 radical (unpaired) electrons. The zero-order chi connectivity index (χ0) is 15.6. The molecule has 0 aromatic heterocycles. The van der Waals surface area contributed by atoms with Crippen LogP contribution in [0.25, 0.3) is 0 Å². The summed E-state index contributed by atoms with van der Waals surface area (Å²) in [6.45, 7) is 0.000849. The number of rotatable bonds is 4. The fourth-order valence-electron chi connectivity index (χ4n) is 1.75. The van der Waals surface area contributed by atoms with Gasteiger partial charge in [-0.25, -0.2) is 0 Å². The van der Waals surface area contributed by atoms with Gasteiger partial charge in [0.2, 0.25) is 5.75 Å². The lowest BCUT2D eigenvalue weighted by Gasteiger charge is -2.10. The standard InChI is InChI=1S/C13H11ClN2O5/c14-8-2-3-10(16(20)21)9(5-8)15-6-7-1-4-11(17)13(19)12(7)18/h1-5,15,17-19H,6H2. The fraction of sp³-hybridized carbons (Fsp3) is 0.0769. The van der Waals surface area contributed by atoms with Gasteiger partial charge in [-0.3, -0.25) is 10.1 Å². The molecule has 110 valence electrons. The molecule has 0 bridgehead atoms. The predicted octanol–water partition coefficient (Wildman–Crippen LogP) is 2.98. The Hall–Kier alpha value is -2.67. The van der Waals surface area contributed by atoms with Crippen LogP contribution < -0.4 is 5.32 Å². The number of nitro groups is 1. The Labute approximate surface area is 124 Å². The first-order valence-electron chi connectivity index (χ1n) is 5.80. The van der Waals surface area contributed by atoms with Crippen LogP contribution in [0.15, 0.2) is 30.3 Å². The Morgan fingerprint density at radius 1 is 1.14 bits per heavy atom. The second-order valence-corrected chi connectivity index (χ2v) is 4.65. The minimum absolute atomic E-state index is 0.000849. The predicted molar refractivity (Wildman–Crippen MR) is 76.9 cm³/mol. The lowest BCUT2D eigenvalue weighted by molar-refractivity contribution is -0.384. The fourth-order valence-corrected chi connectivity index (χ4v) is 1.93. The van der Waals surface area contributed by atoms with E-state index in [0.717, 1.165) is 0 Å². The first-order valence-corrected chi connectivity index (χ1v) is 6.18. The Kier molecular flexibility index (Phi) is 4.04. The number of aromatic hydroxyl groups is 3. The normalized spacial score (nSPS) is 10.3. The van der Waals surface area contributed by atoms with Crippen molar-refractivity contribution in [3.05, 3.63) is 51.0 Å². The molecule has 2 aromatic rings. The molecular weight excluding hydrogens is 300 g/mol. The van der Waals surface area contributed by atoms with Crippen molar-refractivity contribution in [3.8, 4) is 17.2 Å². The van der Waals surface area contributed by atoms with Gasteiger partial charge in [0.15, 0.2) is 11.5 Å². The van der Waals surface area contributed by atoms with Gasteiger partial charge in [0.1, 0.15) is 5.69 Å². The highest BCUT2D eigenvalue weighted by Gasteiger charge is 2.15. The smallest absolute Gasteiger partial charge is 0.292 e. The molecular formula is C13H11ClN2O5. The minimum Gasteiger partial charge on any atom is -0.504 e. The first-order chi connectivity index (χ1) is 9.90. The third kappa shape index (κ3) is 3.09. The highest BCUT2D eigenvalue weighted by Crippen LogP contribution is 2.37. The van der Waals surface area contributed by atoms with Gasteiger partial charge < -0.3 is 20.6 Å². The van der Waals surface area contributed by atoms with Gasteiger partial charge in [-0.05, 0) is 24.3 Å². The number of nitrogens with zero attached hydrogens (tertiary/aromatic N) is 1. The third-order valence-electron chi connectivity index (χ3n) is 2.84. The summed E-state index contributed by atoms with van der Waals surface area (Å²) in [5.41, 5.74) is 0.279. The Bertz CT molecular complexity index is 705. The van der Waals surface area contributed by atoms with Crippen LogP contribution in [0, 0.1) is 10.1 Å². The van der Waals surface area contributed by atoms with Crippen molar-refractivity contribution >= 4 is 23.0 Å². The zero-order valence-electron chi connectivity index (χ0n) is 10.6. The number of phenolic OH excluding ortho intramolecular Hbond substituents is 3. The molecule has 0 amide bonds. The first kappa shape index (κ1) is 14.7. The van der Waals surface area contributed by atoms with Crippen LogP contribution in [0.4, 0.5) is 11.4 Å². The Balaban J connectivity index is 2.26. The van der Waals surface area contributed by atoms with E-state index in [4.69, 9.17) is 11.6 Å². The maximum Gasteiger partial charge on any atom is 0.292 e. The molecule has 0 atom stereocenters. The van der Waals surface area contributed by atoms with Crippen molar-refractivity contribution in [1.82, 2.24) is 0 Å². The van der Waals surface area contributed by atoms with E-state index in [9.17, 15) is 25.4 Å². The number of nitro benzene ring substituents is 1. The topological polar surface area (TPSA) is 116 Å². The summed E-state index contributed by atoms with van der Waals surface area (Å²) in [4.78, 5) is 10.3. The average molecular weight is 311 g/mol. The molecule has 0 fully saturated rings. The molecule has 0 saturated carbocycles. The summed E-state index contributed by atoms with van der Waals surface area (Å²) in [5, 5.41) is 42.3. The number of benzene rings is 2. The van der Waals surface area contributed by atoms with E-state index >= 15 is 0 Å². The van der Waals surface area contributed by atoms with Gasteiger partial charge >= 0.3 is 0 Å². The molecule has 2 rings (SSSR count). The zero-order valence-corrected chi connectivity index (χ0v) is 11.3. The molecule has 21 heavy (non-hydrogen) atoms. The minimum atomic E-state index is -0.644. The molecule has 4 N–H and O–H groups in total. The van der Waals surface area contributed by atoms with Crippen LogP contribution >= 0.6 is 11.6 Å². The molecule has 0 saturated heterocycles. The molecule has 0 unspecified atom stereocenters. The highest BCUT2D eigenvalue weighted by atomic mass is 35.5. The summed E-state index contributed by atoms with van der Waals surface area (Å²) in [7, 11) is 0. The molecule has 0 aliphatic heterocycles. The van der Waals surface area contributed by atoms with Crippen molar-refractivity contribution < 1.29 is 20.2 Å². The van der Waals surface area contributed by atoms with Crippen LogP contribution in [-0.2, 0) is 6.54 Å². The van der Waals surface area contributed by atoms with Crippen molar-refractivity contribution in [2.24, 2.45) is 0 Å². The summed E-state index contributed by atoms with van der Waals surface area (Å²) in [6.07, 6.45) is 0. The van der Waals surface area contributed by atoms with Crippen molar-refractivity contribution in [1.29, 1.82) is 0 Å². The molecule has 7 nitrogen and oxygen atoms in total. The molecule has 2 aromatic carbocycles. The van der Waals surface area contributed by atoms with Crippen LogP contribution in [0.5, 0.6) is 17.2 Å². The molecule has 0 aliphatic carbocycles. The van der Waals surface area contributed by atoms with Gasteiger partial charge in [0, 0.05) is 23.2 Å². The third-order valence-corrected chi connectivity index (χ3v) is 3.07. The highest BCUT2D eigenvalue weighted by molar-refractivity contribution is 6.31. The molecule has 0 heterocycles. The number of halogens is 1. The van der Waals surface area contributed by atoms with Gasteiger partial charge in [0.25, 0.3) is 5.69 Å². The number of hydrogen-bond acceptors (Lipinski definition) is 6. The number of anilines is 1. The van der Waals surface area contributed by atoms with E-state index in [1.807, 2.05) is 0 Å². The largest absolute Gasteiger partial charge is 0.504 e. The van der Waals surface area contributed by atoms with E-state index in [2.05, 4.69) is 5.32 Å². The van der Waals surface area contributed by atoms with E-state index in [0.29, 0.717) is 5.02 Å². The second-order valence-electron chi connectivity index (χ2n) is 4.21. The summed E-state index contributed by atoms with van der Waals surface area (Å²) in [6, 6.07) is 6.64. The monoisotopic (exact) mass is 310 g/mol. The average Bonchev–Trinajstić information content (AvgIpc) is 2.44. The molecule has 0 aliphatic rings. The van der Waals surface area contributed by atoms with Crippen molar-refractivity contribution in [2.45, 2.75) is 6.54 Å². The molecule has 8 heteroatoms. The van der Waals surface area contributed by atoms with Gasteiger partial charge in [-0.2, -0.15) is 0 Å². The lowest BCUT2D eigenvalue weighted by Crippen LogP contribution is -2.03. The maximum atomic E-state index is 10.9.